The summed E-state index contributed by atoms with van der Waals surface area (Å²) in [5.74, 6) is 0.509. The first-order chi connectivity index (χ1) is 15.1. The number of anilines is 1. The highest BCUT2D eigenvalue weighted by molar-refractivity contribution is 7.98. The van der Waals surface area contributed by atoms with Crippen molar-refractivity contribution in [1.29, 1.82) is 0 Å². The van der Waals surface area contributed by atoms with Crippen molar-refractivity contribution in [1.82, 2.24) is 30.7 Å². The minimum atomic E-state index is -0.455. The van der Waals surface area contributed by atoms with Gasteiger partial charge < -0.3 is 5.73 Å². The van der Waals surface area contributed by atoms with Crippen LogP contribution in [-0.2, 0) is 5.75 Å². The number of thioether (sulfide) groups is 1. The van der Waals surface area contributed by atoms with Crippen LogP contribution in [-0.4, -0.2) is 37.4 Å². The van der Waals surface area contributed by atoms with Gasteiger partial charge in [-0.1, -0.05) is 35.1 Å². The topological polar surface area (TPSA) is 137 Å². The summed E-state index contributed by atoms with van der Waals surface area (Å²) in [4.78, 5) is 13.8. The number of nitrogens with zero attached hydrogens (tertiary/aromatic N) is 6. The van der Waals surface area contributed by atoms with E-state index in [1.165, 1.54) is 22.0 Å². The van der Waals surface area contributed by atoms with Crippen molar-refractivity contribution in [3.8, 4) is 5.82 Å². The third-order valence-corrected chi connectivity index (χ3v) is 5.86. The van der Waals surface area contributed by atoms with Gasteiger partial charge in [0.2, 0.25) is 11.6 Å². The summed E-state index contributed by atoms with van der Waals surface area (Å²) < 4.78 is 6.06. The second-order valence-corrected chi connectivity index (χ2v) is 8.18. The molecule has 2 aromatic heterocycles. The van der Waals surface area contributed by atoms with E-state index in [1.807, 2.05) is 31.2 Å². The number of hydrazone groups is 1. The molecule has 0 saturated carbocycles. The number of benzene rings is 1. The molecule has 3 aromatic rings. The number of nitrogens with two attached hydrogens (primary N) is 1. The highest BCUT2D eigenvalue weighted by Gasteiger charge is 2.24. The summed E-state index contributed by atoms with van der Waals surface area (Å²) in [7, 11) is 0. The van der Waals surface area contributed by atoms with Gasteiger partial charge in [0.05, 0.1) is 5.69 Å². The predicted molar refractivity (Wildman–Crippen MR) is 117 cm³/mol. The summed E-state index contributed by atoms with van der Waals surface area (Å²) >= 11 is 1.54. The number of amides is 1. The van der Waals surface area contributed by atoms with Gasteiger partial charge in [-0.05, 0) is 54.6 Å². The average Bonchev–Trinajstić information content (AvgIpc) is 3.39. The van der Waals surface area contributed by atoms with E-state index in [0.29, 0.717) is 17.4 Å². The molecule has 2 heterocycles. The number of hydrogen-bond acceptors (Lipinski definition) is 9. The number of nitrogens with one attached hydrogen (secondary N) is 1. The Morgan fingerprint density at radius 2 is 2.19 bits per heavy atom. The van der Waals surface area contributed by atoms with E-state index < -0.39 is 5.91 Å². The fraction of sp³-hybridized carbons (Fsp3) is 0.300. The number of allylic oxidation sites excluding steroid dienone is 2. The molecule has 1 aromatic carbocycles. The maximum atomic E-state index is 12.8. The number of aromatic nitrogens is 5. The Hall–Kier alpha value is -3.47. The van der Waals surface area contributed by atoms with Crippen LogP contribution in [0.25, 0.3) is 5.82 Å². The zero-order valence-electron chi connectivity index (χ0n) is 16.9. The lowest BCUT2D eigenvalue weighted by Crippen LogP contribution is -2.21. The zero-order valence-corrected chi connectivity index (χ0v) is 17.7. The van der Waals surface area contributed by atoms with Crippen LogP contribution in [0.5, 0.6) is 0 Å². The molecule has 1 aliphatic rings. The maximum absolute atomic E-state index is 12.8. The average molecular weight is 439 g/mol. The van der Waals surface area contributed by atoms with Crippen LogP contribution >= 0.6 is 11.8 Å². The van der Waals surface area contributed by atoms with Gasteiger partial charge in [0.15, 0.2) is 5.69 Å². The third-order valence-electron chi connectivity index (χ3n) is 4.83. The Morgan fingerprint density at radius 1 is 1.35 bits per heavy atom. The molecule has 0 spiro atoms. The Labute approximate surface area is 182 Å². The van der Waals surface area contributed by atoms with E-state index in [0.717, 1.165) is 24.2 Å². The molecule has 3 N–H and O–H groups in total. The second kappa shape index (κ2) is 9.56. The number of carbonyl (C=O) groups is 1. The van der Waals surface area contributed by atoms with E-state index in [1.54, 1.807) is 6.21 Å². The van der Waals surface area contributed by atoms with Gasteiger partial charge in [-0.3, -0.25) is 4.79 Å². The Balaban J connectivity index is 1.54. The molecule has 0 saturated heterocycles. The molecule has 0 fully saturated rings. The van der Waals surface area contributed by atoms with E-state index in [9.17, 15) is 4.79 Å². The number of hydrogen-bond donors (Lipinski definition) is 2. The number of rotatable bonds is 7. The minimum absolute atomic E-state index is 0.0572. The highest BCUT2D eigenvalue weighted by atomic mass is 32.2. The van der Waals surface area contributed by atoms with Gasteiger partial charge >= 0.3 is 0 Å². The van der Waals surface area contributed by atoms with E-state index in [4.69, 9.17) is 5.73 Å². The predicted octanol–water partition coefficient (Wildman–Crippen LogP) is 2.91. The maximum Gasteiger partial charge on any atom is 0.293 e. The third kappa shape index (κ3) is 5.00. The Kier molecular flexibility index (Phi) is 6.41. The van der Waals surface area contributed by atoms with Crippen LogP contribution in [0.15, 0.2) is 51.0 Å². The molecule has 0 radical (unpaired) electrons. The van der Waals surface area contributed by atoms with Gasteiger partial charge in [-0.25, -0.2) is 10.1 Å². The number of aryl methyl sites for hydroxylation is 1. The molecular formula is C20H22N8O2S. The number of nitrogen functional groups attached to an aromatic ring is 1. The molecule has 1 amide bonds. The van der Waals surface area contributed by atoms with Crippen molar-refractivity contribution >= 4 is 29.7 Å². The van der Waals surface area contributed by atoms with Gasteiger partial charge in [-0.15, -0.1) is 16.9 Å². The summed E-state index contributed by atoms with van der Waals surface area (Å²) in [6, 6.07) is 8.09. The van der Waals surface area contributed by atoms with Crippen LogP contribution in [0.2, 0.25) is 0 Å². The zero-order chi connectivity index (χ0) is 21.6. The minimum Gasteiger partial charge on any atom is -0.378 e. The van der Waals surface area contributed by atoms with Crippen molar-refractivity contribution in [2.24, 2.45) is 11.0 Å². The van der Waals surface area contributed by atoms with Gasteiger partial charge in [0, 0.05) is 16.9 Å². The molecular weight excluding hydrogens is 416 g/mol. The molecule has 10 nitrogen and oxygen atoms in total. The van der Waals surface area contributed by atoms with E-state index in [-0.39, 0.29) is 17.3 Å². The monoisotopic (exact) mass is 438 g/mol. The van der Waals surface area contributed by atoms with Crippen molar-refractivity contribution in [3.63, 3.8) is 0 Å². The lowest BCUT2D eigenvalue weighted by Gasteiger charge is -2.11. The molecule has 31 heavy (non-hydrogen) atoms. The van der Waals surface area contributed by atoms with E-state index >= 15 is 0 Å². The fourth-order valence-electron chi connectivity index (χ4n) is 3.11. The van der Waals surface area contributed by atoms with Crippen molar-refractivity contribution in [3.05, 3.63) is 53.4 Å². The van der Waals surface area contributed by atoms with Crippen molar-refractivity contribution in [2.45, 2.75) is 36.8 Å². The summed E-state index contributed by atoms with van der Waals surface area (Å²) in [6.07, 6.45) is 9.02. The molecule has 0 aliphatic heterocycles. The van der Waals surface area contributed by atoms with Crippen molar-refractivity contribution in [2.75, 3.05) is 5.73 Å². The largest absolute Gasteiger partial charge is 0.378 e. The highest BCUT2D eigenvalue weighted by Crippen LogP contribution is 2.26. The van der Waals surface area contributed by atoms with Crippen LogP contribution in [0.4, 0.5) is 5.82 Å². The summed E-state index contributed by atoms with van der Waals surface area (Å²) in [6.45, 7) is 2.03. The van der Waals surface area contributed by atoms with Gasteiger partial charge in [0.25, 0.3) is 5.91 Å². The van der Waals surface area contributed by atoms with E-state index in [2.05, 4.69) is 47.9 Å². The van der Waals surface area contributed by atoms with Crippen LogP contribution in [0.3, 0.4) is 0 Å². The first kappa shape index (κ1) is 20.8. The normalized spacial score (nSPS) is 16.1. The Morgan fingerprint density at radius 3 is 2.90 bits per heavy atom. The second-order valence-electron chi connectivity index (χ2n) is 7.13. The molecule has 1 atom stereocenters. The summed E-state index contributed by atoms with van der Waals surface area (Å²) in [5, 5.41) is 19.6. The van der Waals surface area contributed by atoms with Gasteiger partial charge in [0.1, 0.15) is 0 Å². The smallest absolute Gasteiger partial charge is 0.293 e. The summed E-state index contributed by atoms with van der Waals surface area (Å²) in [5.41, 5.74) is 10.2. The lowest BCUT2D eigenvalue weighted by molar-refractivity contribution is 0.0949. The first-order valence-corrected chi connectivity index (χ1v) is 10.8. The molecule has 0 unspecified atom stereocenters. The SMILES string of the molecule is Cc1ccc(SCc2c(C(=O)N/N=C\[C@H]3CC=CCC3)nnn2-c2nonc2N)cc1. The quantitative estimate of drug-likeness (QED) is 0.249. The number of carbonyl (C=O) groups excluding carboxylic acids is 1. The standard InChI is InChI=1S/C20H22N8O2S/c1-13-7-9-15(10-8-13)31-12-16-17(23-27-28(16)19-18(21)25-30-26-19)20(29)24-22-11-14-5-3-2-4-6-14/h2-3,7-11,14H,4-6,12H2,1H3,(H2,21,25)(H,24,29)/b22-11-/t14-/m0/s1. The first-order valence-electron chi connectivity index (χ1n) is 9.83. The molecule has 4 rings (SSSR count). The molecule has 1 aliphatic carbocycles. The van der Waals surface area contributed by atoms with Crippen LogP contribution < -0.4 is 11.2 Å². The fourth-order valence-corrected chi connectivity index (χ4v) is 4.00. The molecule has 11 heteroatoms. The van der Waals surface area contributed by atoms with Gasteiger partial charge in [-0.2, -0.15) is 9.78 Å². The van der Waals surface area contributed by atoms with Crippen LogP contribution in [0.1, 0.15) is 41.0 Å². The molecule has 0 bridgehead atoms. The lowest BCUT2D eigenvalue weighted by atomic mass is 9.96. The Bertz CT molecular complexity index is 1100. The van der Waals surface area contributed by atoms with Crippen LogP contribution in [0, 0.1) is 12.8 Å². The van der Waals surface area contributed by atoms with Crippen molar-refractivity contribution < 1.29 is 9.42 Å². The molecule has 160 valence electrons.